The van der Waals surface area contributed by atoms with Gasteiger partial charge in [-0.2, -0.15) is 0 Å². The number of ketones is 1. The van der Waals surface area contributed by atoms with Crippen LogP contribution in [0.1, 0.15) is 76.8 Å². The van der Waals surface area contributed by atoms with Crippen LogP contribution in [0.5, 0.6) is 0 Å². The molecule has 1 saturated carbocycles. The highest BCUT2D eigenvalue weighted by molar-refractivity contribution is 5.95. The monoisotopic (exact) mass is 483 g/mol. The number of nitrogens with zero attached hydrogens (tertiary/aromatic N) is 3. The number of carbonyl (C=O) groups excluding carboxylic acids is 1. The van der Waals surface area contributed by atoms with Crippen molar-refractivity contribution in [3.05, 3.63) is 59.7 Å². The predicted molar refractivity (Wildman–Crippen MR) is 145 cm³/mol. The van der Waals surface area contributed by atoms with E-state index in [2.05, 4.69) is 53.2 Å². The minimum absolute atomic E-state index is 0.168. The maximum Gasteiger partial charge on any atom is 0.141 e. The van der Waals surface area contributed by atoms with E-state index in [1.54, 1.807) is 6.92 Å². The van der Waals surface area contributed by atoms with E-state index < -0.39 is 5.41 Å². The van der Waals surface area contributed by atoms with Crippen LogP contribution in [0.4, 0.5) is 0 Å². The summed E-state index contributed by atoms with van der Waals surface area (Å²) < 4.78 is 7.87. The number of hydrogen-bond donors (Lipinski definition) is 0. The van der Waals surface area contributed by atoms with Gasteiger partial charge in [0.05, 0.1) is 16.7 Å². The average Bonchev–Trinajstić information content (AvgIpc) is 3.37. The smallest absolute Gasteiger partial charge is 0.141 e. The van der Waals surface area contributed by atoms with E-state index in [4.69, 9.17) is 9.51 Å². The van der Waals surface area contributed by atoms with Crippen molar-refractivity contribution in [2.75, 3.05) is 0 Å². The maximum atomic E-state index is 12.2. The van der Waals surface area contributed by atoms with Gasteiger partial charge in [0.15, 0.2) is 0 Å². The van der Waals surface area contributed by atoms with E-state index >= 15 is 0 Å². The van der Waals surface area contributed by atoms with Crippen LogP contribution in [-0.2, 0) is 16.8 Å². The van der Waals surface area contributed by atoms with Gasteiger partial charge in [-0.3, -0.25) is 9.78 Å². The first-order valence-corrected chi connectivity index (χ1v) is 13.1. The molecule has 1 aliphatic carbocycles. The van der Waals surface area contributed by atoms with Gasteiger partial charge in [-0.05, 0) is 70.1 Å². The minimum atomic E-state index is -0.496. The van der Waals surface area contributed by atoms with Crippen LogP contribution in [0, 0.1) is 19.3 Å². The number of fused-ring (bicyclic) bond motifs is 1. The molecule has 5 nitrogen and oxygen atoms in total. The number of carbonyl (C=O) groups is 1. The van der Waals surface area contributed by atoms with Crippen LogP contribution in [0.25, 0.3) is 33.3 Å². The molecule has 0 unspecified atom stereocenters. The van der Waals surface area contributed by atoms with E-state index in [0.29, 0.717) is 0 Å². The number of pyridine rings is 1. The van der Waals surface area contributed by atoms with Gasteiger partial charge in [-0.25, -0.2) is 0 Å². The fourth-order valence-corrected chi connectivity index (χ4v) is 5.78. The Bertz CT molecular complexity index is 1400. The lowest BCUT2D eigenvalue weighted by molar-refractivity contribution is -0.121. The quantitative estimate of drug-likeness (QED) is 0.280. The molecule has 0 radical (unpaired) electrons. The van der Waals surface area contributed by atoms with Crippen molar-refractivity contribution in [3.63, 3.8) is 0 Å². The number of Topliss-reactive ketones (excluding diaryl/α,β-unsaturated/α-hetero) is 1. The molecule has 5 heteroatoms. The van der Waals surface area contributed by atoms with Crippen molar-refractivity contribution >= 4 is 16.8 Å². The molecule has 0 atom stereocenters. The highest BCUT2D eigenvalue weighted by atomic mass is 16.5. The second kappa shape index (κ2) is 9.02. The Hall–Kier alpha value is -3.21. The Kier molecular flexibility index (Phi) is 6.14. The summed E-state index contributed by atoms with van der Waals surface area (Å²) in [5.41, 5.74) is 8.16. The molecule has 188 valence electrons. The molecule has 0 spiro atoms. The van der Waals surface area contributed by atoms with Gasteiger partial charge in [-0.1, -0.05) is 55.6 Å². The molecule has 1 fully saturated rings. The molecule has 1 aromatic carbocycles. The summed E-state index contributed by atoms with van der Waals surface area (Å²) in [6, 6.07) is 10.7. The van der Waals surface area contributed by atoms with E-state index in [9.17, 15) is 4.79 Å². The van der Waals surface area contributed by atoms with Crippen molar-refractivity contribution in [1.29, 1.82) is 0 Å². The third-order valence-electron chi connectivity index (χ3n) is 8.45. The van der Waals surface area contributed by atoms with Crippen LogP contribution in [0.3, 0.4) is 0 Å². The van der Waals surface area contributed by atoms with Gasteiger partial charge in [0.25, 0.3) is 0 Å². The van der Waals surface area contributed by atoms with E-state index in [1.165, 1.54) is 32.1 Å². The van der Waals surface area contributed by atoms with Crippen molar-refractivity contribution in [2.24, 2.45) is 5.41 Å². The number of aryl methyl sites for hydroxylation is 2. The first kappa shape index (κ1) is 24.5. The largest absolute Gasteiger partial charge is 0.361 e. The summed E-state index contributed by atoms with van der Waals surface area (Å²) in [4.78, 5) is 17.2. The van der Waals surface area contributed by atoms with Crippen LogP contribution in [0.15, 0.2) is 47.2 Å². The zero-order valence-electron chi connectivity index (χ0n) is 22.4. The van der Waals surface area contributed by atoms with Crippen molar-refractivity contribution in [1.82, 2.24) is 14.7 Å². The molecule has 3 aromatic heterocycles. The molecule has 3 heterocycles. The minimum Gasteiger partial charge on any atom is -0.361 e. The van der Waals surface area contributed by atoms with Gasteiger partial charge in [0.2, 0.25) is 0 Å². The second-order valence-corrected chi connectivity index (χ2v) is 11.6. The lowest BCUT2D eigenvalue weighted by Gasteiger charge is -2.34. The first-order valence-electron chi connectivity index (χ1n) is 13.1. The maximum absolute atomic E-state index is 12.2. The predicted octanol–water partition coefficient (Wildman–Crippen LogP) is 7.81. The Morgan fingerprint density at radius 3 is 2.39 bits per heavy atom. The van der Waals surface area contributed by atoms with Crippen LogP contribution >= 0.6 is 0 Å². The van der Waals surface area contributed by atoms with Gasteiger partial charge >= 0.3 is 0 Å². The molecule has 0 saturated heterocycles. The summed E-state index contributed by atoms with van der Waals surface area (Å²) in [5, 5.41) is 4.16. The average molecular weight is 484 g/mol. The molecule has 0 N–H and O–H groups in total. The molecular weight excluding hydrogens is 446 g/mol. The van der Waals surface area contributed by atoms with Crippen LogP contribution in [0.2, 0.25) is 0 Å². The number of aromatic nitrogens is 3. The van der Waals surface area contributed by atoms with Gasteiger partial charge < -0.3 is 9.09 Å². The normalized spacial score (nSPS) is 15.9. The van der Waals surface area contributed by atoms with Crippen molar-refractivity contribution in [2.45, 2.75) is 85.6 Å². The van der Waals surface area contributed by atoms with Crippen LogP contribution < -0.4 is 0 Å². The molecular formula is C31H37N3O2. The fraction of sp³-hybridized carbons (Fsp3) is 0.452. The number of hydrogen-bond acceptors (Lipinski definition) is 4. The SMILES string of the molecule is CC(=O)C(C)(C)c1ccc(-c2cn(CC3(C)CCCCC3)c3cc(-c4c(C)noc4C)cnc23)cc1. The van der Waals surface area contributed by atoms with E-state index in [0.717, 1.165) is 56.8 Å². The molecule has 0 bridgehead atoms. The highest BCUT2D eigenvalue weighted by Crippen LogP contribution is 2.40. The summed E-state index contributed by atoms with van der Waals surface area (Å²) >= 11 is 0. The number of benzene rings is 1. The van der Waals surface area contributed by atoms with Crippen molar-refractivity contribution in [3.8, 4) is 22.3 Å². The topological polar surface area (TPSA) is 60.9 Å². The fourth-order valence-electron chi connectivity index (χ4n) is 5.78. The molecule has 0 aliphatic heterocycles. The highest BCUT2D eigenvalue weighted by Gasteiger charge is 2.29. The Morgan fingerprint density at radius 2 is 1.78 bits per heavy atom. The summed E-state index contributed by atoms with van der Waals surface area (Å²) in [5.74, 6) is 0.982. The number of rotatable bonds is 6. The Labute approximate surface area is 213 Å². The van der Waals surface area contributed by atoms with Gasteiger partial charge in [0.1, 0.15) is 11.5 Å². The summed E-state index contributed by atoms with van der Waals surface area (Å²) in [6.45, 7) is 13.0. The van der Waals surface area contributed by atoms with Gasteiger partial charge in [-0.15, -0.1) is 0 Å². The molecule has 1 aliphatic rings. The summed E-state index contributed by atoms with van der Waals surface area (Å²) in [6.07, 6.45) is 10.7. The third-order valence-corrected chi connectivity index (χ3v) is 8.45. The molecule has 0 amide bonds. The standard InChI is InChI=1S/C31H37N3O2/c1-20-28(21(2)36-33-20)24-16-27-29(32-17-24)26(18-34(27)19-31(6)14-8-7-9-15-31)23-10-12-25(13-11-23)30(4,5)22(3)35/h10-13,16-18H,7-9,14-15,19H2,1-6H3. The second-order valence-electron chi connectivity index (χ2n) is 11.6. The Balaban J connectivity index is 1.63. The molecule has 5 rings (SSSR count). The van der Waals surface area contributed by atoms with Gasteiger partial charge in [0, 0.05) is 41.0 Å². The molecule has 4 aromatic rings. The van der Waals surface area contributed by atoms with E-state index in [-0.39, 0.29) is 11.2 Å². The molecule has 36 heavy (non-hydrogen) atoms. The zero-order chi connectivity index (χ0) is 25.7. The van der Waals surface area contributed by atoms with E-state index in [1.807, 2.05) is 33.9 Å². The lowest BCUT2D eigenvalue weighted by Crippen LogP contribution is -2.26. The van der Waals surface area contributed by atoms with Crippen LogP contribution in [-0.4, -0.2) is 20.5 Å². The first-order chi connectivity index (χ1) is 17.1. The lowest BCUT2D eigenvalue weighted by atomic mass is 9.75. The Morgan fingerprint density at radius 1 is 1.08 bits per heavy atom. The van der Waals surface area contributed by atoms with Crippen molar-refractivity contribution < 1.29 is 9.32 Å². The summed E-state index contributed by atoms with van der Waals surface area (Å²) in [7, 11) is 0. The zero-order valence-corrected chi connectivity index (χ0v) is 22.4. The third kappa shape index (κ3) is 4.29.